The van der Waals surface area contributed by atoms with Gasteiger partial charge in [-0.2, -0.15) is 0 Å². The van der Waals surface area contributed by atoms with Gasteiger partial charge in [0.2, 0.25) is 17.7 Å². The first kappa shape index (κ1) is 46.9. The molecule has 0 aliphatic heterocycles. The van der Waals surface area contributed by atoms with Crippen LogP contribution in [0.5, 0.6) is 5.75 Å². The van der Waals surface area contributed by atoms with Crippen LogP contribution in [0, 0.1) is 0 Å². The Morgan fingerprint density at radius 1 is 0.500 bits per heavy atom. The summed E-state index contributed by atoms with van der Waals surface area (Å²) in [6.07, 6.45) is 12.1. The van der Waals surface area contributed by atoms with Crippen LogP contribution in [-0.4, -0.2) is 68.7 Å². The summed E-state index contributed by atoms with van der Waals surface area (Å²) in [7, 11) is 0. The Bertz CT molecular complexity index is 1670. The number of aldehydes is 1. The van der Waals surface area contributed by atoms with Crippen LogP contribution in [0.4, 0.5) is 0 Å². The normalized spacial score (nSPS) is 10.6. The van der Waals surface area contributed by atoms with Gasteiger partial charge in [0.15, 0.2) is 6.29 Å². The molecule has 12 nitrogen and oxygen atoms in total. The third-order valence-electron chi connectivity index (χ3n) is 9.42. The van der Waals surface area contributed by atoms with Crippen molar-refractivity contribution in [3.05, 3.63) is 90.0 Å². The summed E-state index contributed by atoms with van der Waals surface area (Å²) in [5, 5.41) is 11.8. The zero-order valence-corrected chi connectivity index (χ0v) is 33.9. The van der Waals surface area contributed by atoms with E-state index in [9.17, 15) is 28.8 Å². The molecular weight excluding hydrogens is 737 g/mol. The fraction of sp³-hybridized carbons (Fsp3) is 0.478. The van der Waals surface area contributed by atoms with Crippen molar-refractivity contribution >= 4 is 35.9 Å². The summed E-state index contributed by atoms with van der Waals surface area (Å²) in [6, 6.07) is 24.3. The van der Waals surface area contributed by atoms with Crippen LogP contribution < -0.4 is 26.0 Å². The summed E-state index contributed by atoms with van der Waals surface area (Å²) in [5.41, 5.74) is 3.39. The highest BCUT2D eigenvalue weighted by Gasteiger charge is 2.09. The average Bonchev–Trinajstić information content (AvgIpc) is 3.24. The minimum atomic E-state index is -0.199. The molecule has 0 fully saturated rings. The predicted molar refractivity (Wildman–Crippen MR) is 225 cm³/mol. The zero-order valence-electron chi connectivity index (χ0n) is 33.9. The molecule has 4 N–H and O–H groups in total. The van der Waals surface area contributed by atoms with Crippen LogP contribution in [0.1, 0.15) is 119 Å². The van der Waals surface area contributed by atoms with Crippen LogP contribution in [0.15, 0.2) is 78.9 Å². The van der Waals surface area contributed by atoms with Gasteiger partial charge in [0, 0.05) is 57.4 Å². The number of benzene rings is 3. The molecule has 0 aliphatic rings. The lowest BCUT2D eigenvalue weighted by Crippen LogP contribution is -2.25. The van der Waals surface area contributed by atoms with Crippen molar-refractivity contribution in [1.82, 2.24) is 21.3 Å². The topological polar surface area (TPSA) is 169 Å². The molecule has 0 aromatic heterocycles. The Morgan fingerprint density at radius 3 is 1.55 bits per heavy atom. The molecule has 4 amide bonds. The second-order valence-electron chi connectivity index (χ2n) is 14.3. The first-order valence-electron chi connectivity index (χ1n) is 20.9. The van der Waals surface area contributed by atoms with Crippen LogP contribution >= 0.6 is 0 Å². The molecule has 0 spiro atoms. The molecule has 3 rings (SSSR count). The van der Waals surface area contributed by atoms with Gasteiger partial charge in [0.1, 0.15) is 19.0 Å². The van der Waals surface area contributed by atoms with Crippen molar-refractivity contribution in [3.8, 4) is 16.9 Å². The maximum Gasteiger partial charge on any atom is 0.306 e. The molecule has 0 saturated carbocycles. The molecular formula is C46H62N4O8. The molecule has 12 heteroatoms. The molecule has 0 aliphatic carbocycles. The minimum absolute atomic E-state index is 0.00624. The average molecular weight is 799 g/mol. The third kappa shape index (κ3) is 21.7. The van der Waals surface area contributed by atoms with E-state index in [1.54, 1.807) is 18.2 Å². The first-order valence-corrected chi connectivity index (χ1v) is 20.9. The van der Waals surface area contributed by atoms with Crippen molar-refractivity contribution in [2.24, 2.45) is 0 Å². The molecule has 0 unspecified atom stereocenters. The number of unbranched alkanes of at least 4 members (excludes halogenated alkanes) is 8. The van der Waals surface area contributed by atoms with Crippen molar-refractivity contribution in [2.75, 3.05) is 32.8 Å². The summed E-state index contributed by atoms with van der Waals surface area (Å²) < 4.78 is 10.6. The van der Waals surface area contributed by atoms with Gasteiger partial charge in [-0.15, -0.1) is 0 Å². The van der Waals surface area contributed by atoms with E-state index < -0.39 is 0 Å². The molecule has 3 aromatic carbocycles. The van der Waals surface area contributed by atoms with Crippen LogP contribution in [0.2, 0.25) is 0 Å². The van der Waals surface area contributed by atoms with E-state index in [1.165, 1.54) is 0 Å². The number of rotatable bonds is 31. The lowest BCUT2D eigenvalue weighted by Gasteiger charge is -2.09. The maximum absolute atomic E-state index is 12.7. The van der Waals surface area contributed by atoms with E-state index in [1.807, 2.05) is 60.7 Å². The highest BCUT2D eigenvalue weighted by atomic mass is 16.5. The molecule has 0 saturated heterocycles. The second-order valence-corrected chi connectivity index (χ2v) is 14.3. The minimum Gasteiger partial charge on any atom is -0.486 e. The van der Waals surface area contributed by atoms with E-state index in [2.05, 4.69) is 21.3 Å². The number of amides is 4. The maximum atomic E-state index is 12.7. The Morgan fingerprint density at radius 2 is 1.02 bits per heavy atom. The molecule has 0 atom stereocenters. The predicted octanol–water partition coefficient (Wildman–Crippen LogP) is 6.99. The molecule has 314 valence electrons. The second kappa shape index (κ2) is 29.7. The quantitative estimate of drug-likeness (QED) is 0.0307. The van der Waals surface area contributed by atoms with Gasteiger partial charge in [0.25, 0.3) is 5.91 Å². The summed E-state index contributed by atoms with van der Waals surface area (Å²) in [4.78, 5) is 71.5. The molecule has 3 aromatic rings. The Kier molecular flexibility index (Phi) is 24.0. The van der Waals surface area contributed by atoms with Crippen molar-refractivity contribution < 1.29 is 38.2 Å². The first-order chi connectivity index (χ1) is 28.3. The standard InChI is InChI=1S/C46H62N4O8/c51-33-34-57-41-27-25-38(26-28-41)39-19-16-20-40(35-39)46(56)50-32-15-4-10-23-44(54)48-30-13-2-8-21-42(52)47-29-12-3-9-22-43(53)49-31-14-5-11-24-45(55)58-36-37-17-6-1-7-18-37/h1,6-7,16-20,25-28,33,35H,2-5,8-15,21-24,29-32,34,36H2,(H,47,52)(H,48,54)(H,49,53)(H,50,56). The number of nitrogens with one attached hydrogen (secondary N) is 4. The number of hydrogen-bond acceptors (Lipinski definition) is 8. The highest BCUT2D eigenvalue weighted by molar-refractivity contribution is 5.95. The third-order valence-corrected chi connectivity index (χ3v) is 9.42. The van der Waals surface area contributed by atoms with E-state index in [4.69, 9.17) is 9.47 Å². The van der Waals surface area contributed by atoms with Gasteiger partial charge in [-0.25, -0.2) is 0 Å². The van der Waals surface area contributed by atoms with Crippen LogP contribution in [-0.2, 0) is 35.3 Å². The number of esters is 1. The zero-order chi connectivity index (χ0) is 41.5. The number of carbonyl (C=O) groups is 6. The lowest BCUT2D eigenvalue weighted by molar-refractivity contribution is -0.145. The molecule has 0 heterocycles. The van der Waals surface area contributed by atoms with Crippen LogP contribution in [0.25, 0.3) is 11.1 Å². The lowest BCUT2D eigenvalue weighted by atomic mass is 10.0. The Hall–Kier alpha value is -5.52. The SMILES string of the molecule is O=CCOc1ccc(-c2cccc(C(=O)NCCCCCC(=O)NCCCCCC(=O)NCCCCCC(=O)NCCCCCC(=O)OCc3ccccc3)c2)cc1. The van der Waals surface area contributed by atoms with Gasteiger partial charge in [0.05, 0.1) is 0 Å². The molecule has 0 bridgehead atoms. The summed E-state index contributed by atoms with van der Waals surface area (Å²) in [5.74, 6) is 0.344. The van der Waals surface area contributed by atoms with E-state index >= 15 is 0 Å². The van der Waals surface area contributed by atoms with E-state index in [-0.39, 0.29) is 36.2 Å². The summed E-state index contributed by atoms with van der Waals surface area (Å²) >= 11 is 0. The fourth-order valence-corrected chi connectivity index (χ4v) is 6.11. The fourth-order valence-electron chi connectivity index (χ4n) is 6.11. The highest BCUT2D eigenvalue weighted by Crippen LogP contribution is 2.23. The molecule has 58 heavy (non-hydrogen) atoms. The Balaban J connectivity index is 1.06. The molecule has 0 radical (unpaired) electrons. The number of carbonyl (C=O) groups excluding carboxylic acids is 6. The Labute approximate surface area is 343 Å². The van der Waals surface area contributed by atoms with Gasteiger partial charge in [-0.3, -0.25) is 28.8 Å². The largest absolute Gasteiger partial charge is 0.486 e. The number of ether oxygens (including phenoxy) is 2. The van der Waals surface area contributed by atoms with E-state index in [0.717, 1.165) is 93.7 Å². The van der Waals surface area contributed by atoms with E-state index in [0.29, 0.717) is 76.1 Å². The van der Waals surface area contributed by atoms with Crippen LogP contribution in [0.3, 0.4) is 0 Å². The van der Waals surface area contributed by atoms with Crippen molar-refractivity contribution in [1.29, 1.82) is 0 Å². The van der Waals surface area contributed by atoms with Gasteiger partial charge in [-0.05, 0) is 92.3 Å². The monoisotopic (exact) mass is 798 g/mol. The van der Waals surface area contributed by atoms with Crippen molar-refractivity contribution in [3.63, 3.8) is 0 Å². The van der Waals surface area contributed by atoms with Crippen molar-refractivity contribution in [2.45, 2.75) is 109 Å². The number of hydrogen-bond donors (Lipinski definition) is 4. The van der Waals surface area contributed by atoms with Gasteiger partial charge < -0.3 is 30.7 Å². The van der Waals surface area contributed by atoms with Gasteiger partial charge in [-0.1, -0.05) is 80.3 Å². The summed E-state index contributed by atoms with van der Waals surface area (Å²) in [6.45, 7) is 2.62. The smallest absolute Gasteiger partial charge is 0.306 e. The van der Waals surface area contributed by atoms with Gasteiger partial charge >= 0.3 is 5.97 Å².